The number of rotatable bonds is 1. The first-order valence-electron chi connectivity index (χ1n) is 4.11. The average molecular weight is 159 g/mol. The topological polar surface area (TPSA) is 0 Å². The highest BCUT2D eigenvalue weighted by atomic mass is 35.5. The van der Waals surface area contributed by atoms with Crippen molar-refractivity contribution in [3.63, 3.8) is 0 Å². The van der Waals surface area contributed by atoms with Crippen LogP contribution in [0.3, 0.4) is 0 Å². The molecule has 0 saturated heterocycles. The van der Waals surface area contributed by atoms with E-state index in [0.717, 1.165) is 5.92 Å². The molecule has 0 aliphatic heterocycles. The van der Waals surface area contributed by atoms with Crippen LogP contribution >= 0.6 is 11.6 Å². The third-order valence-corrected chi connectivity index (χ3v) is 2.77. The van der Waals surface area contributed by atoms with E-state index in [-0.39, 0.29) is 0 Å². The van der Waals surface area contributed by atoms with Crippen LogP contribution in [-0.4, -0.2) is 0 Å². The van der Waals surface area contributed by atoms with Gasteiger partial charge in [0.05, 0.1) is 0 Å². The van der Waals surface area contributed by atoms with Crippen molar-refractivity contribution >= 4 is 11.6 Å². The zero-order chi connectivity index (χ0) is 7.40. The molecule has 1 aliphatic carbocycles. The molecule has 0 heterocycles. The highest BCUT2D eigenvalue weighted by Crippen LogP contribution is 2.29. The molecule has 1 rings (SSSR count). The van der Waals surface area contributed by atoms with Crippen molar-refractivity contribution < 1.29 is 0 Å². The highest BCUT2D eigenvalue weighted by molar-refractivity contribution is 6.25. The number of hydrogen-bond donors (Lipinski definition) is 0. The van der Waals surface area contributed by atoms with E-state index >= 15 is 0 Å². The Labute approximate surface area is 68.3 Å². The number of allylic oxidation sites excluding steroid dienone is 1. The molecule has 58 valence electrons. The van der Waals surface area contributed by atoms with Gasteiger partial charge in [-0.1, -0.05) is 36.4 Å². The van der Waals surface area contributed by atoms with E-state index in [9.17, 15) is 0 Å². The summed E-state index contributed by atoms with van der Waals surface area (Å²) in [5, 5.41) is 0. The predicted octanol–water partition coefficient (Wildman–Crippen LogP) is 3.71. The summed E-state index contributed by atoms with van der Waals surface area (Å²) < 4.78 is 0. The first-order chi connectivity index (χ1) is 4.84. The molecule has 0 aromatic rings. The molecule has 0 spiro atoms. The lowest BCUT2D eigenvalue weighted by molar-refractivity contribution is 0.403. The van der Waals surface area contributed by atoms with Gasteiger partial charge in [0, 0.05) is 5.54 Å². The van der Waals surface area contributed by atoms with Gasteiger partial charge in [0.2, 0.25) is 0 Å². The highest BCUT2D eigenvalue weighted by Gasteiger charge is 2.13. The summed E-state index contributed by atoms with van der Waals surface area (Å²) in [5.41, 5.74) is 3.12. The molecule has 0 aromatic carbocycles. The monoisotopic (exact) mass is 158 g/mol. The molecule has 0 N–H and O–H groups in total. The molecule has 1 aliphatic rings. The second-order valence-corrected chi connectivity index (χ2v) is 3.41. The summed E-state index contributed by atoms with van der Waals surface area (Å²) in [6, 6.07) is 0. The van der Waals surface area contributed by atoms with Crippen molar-refractivity contribution in [3.05, 3.63) is 11.1 Å². The molecule has 0 radical (unpaired) electrons. The first kappa shape index (κ1) is 8.13. The van der Waals surface area contributed by atoms with Gasteiger partial charge in [0.1, 0.15) is 0 Å². The standard InChI is InChI=1S/C9H15Cl/c1-8(7-10)9-5-3-2-4-6-9/h7,9H,2-6H2,1H3/b8-7+. The Hall–Kier alpha value is 0.0300. The zero-order valence-corrected chi connectivity index (χ0v) is 7.32. The van der Waals surface area contributed by atoms with Gasteiger partial charge in [-0.25, -0.2) is 0 Å². The Balaban J connectivity index is 2.39. The van der Waals surface area contributed by atoms with Crippen LogP contribution in [0.2, 0.25) is 0 Å². The second-order valence-electron chi connectivity index (χ2n) is 3.19. The largest absolute Gasteiger partial charge is 0.0930 e. The normalized spacial score (nSPS) is 23.2. The van der Waals surface area contributed by atoms with Crippen LogP contribution in [0.1, 0.15) is 39.0 Å². The molecule has 1 saturated carbocycles. The Morgan fingerprint density at radius 1 is 1.30 bits per heavy atom. The van der Waals surface area contributed by atoms with Crippen molar-refractivity contribution in [2.75, 3.05) is 0 Å². The third kappa shape index (κ3) is 2.02. The van der Waals surface area contributed by atoms with Gasteiger partial charge in [-0.3, -0.25) is 0 Å². The minimum absolute atomic E-state index is 0.797. The molecule has 1 heteroatoms. The summed E-state index contributed by atoms with van der Waals surface area (Å²) in [5.74, 6) is 0.797. The molecule has 1 fully saturated rings. The summed E-state index contributed by atoms with van der Waals surface area (Å²) in [6.45, 7) is 2.14. The Morgan fingerprint density at radius 2 is 1.90 bits per heavy atom. The quantitative estimate of drug-likeness (QED) is 0.546. The van der Waals surface area contributed by atoms with E-state index in [1.807, 2.05) is 0 Å². The fourth-order valence-corrected chi connectivity index (χ4v) is 1.83. The molecule has 10 heavy (non-hydrogen) atoms. The van der Waals surface area contributed by atoms with Gasteiger partial charge in [-0.2, -0.15) is 0 Å². The number of hydrogen-bond acceptors (Lipinski definition) is 0. The minimum atomic E-state index is 0.797. The Morgan fingerprint density at radius 3 is 2.40 bits per heavy atom. The van der Waals surface area contributed by atoms with E-state index in [2.05, 4.69) is 6.92 Å². The molecule has 0 atom stereocenters. The maximum Gasteiger partial charge on any atom is 0.00344 e. The molecule has 0 nitrogen and oxygen atoms in total. The van der Waals surface area contributed by atoms with Crippen molar-refractivity contribution in [3.8, 4) is 0 Å². The van der Waals surface area contributed by atoms with Crippen LogP contribution in [0.25, 0.3) is 0 Å². The van der Waals surface area contributed by atoms with Crippen molar-refractivity contribution in [2.24, 2.45) is 5.92 Å². The van der Waals surface area contributed by atoms with Crippen LogP contribution in [0.5, 0.6) is 0 Å². The van der Waals surface area contributed by atoms with Gasteiger partial charge in [0.25, 0.3) is 0 Å². The average Bonchev–Trinajstić information content (AvgIpc) is 2.05. The third-order valence-electron chi connectivity index (χ3n) is 2.42. The van der Waals surface area contributed by atoms with Crippen molar-refractivity contribution in [1.82, 2.24) is 0 Å². The van der Waals surface area contributed by atoms with Gasteiger partial charge in [-0.05, 0) is 25.7 Å². The summed E-state index contributed by atoms with van der Waals surface area (Å²) in [4.78, 5) is 0. The van der Waals surface area contributed by atoms with Gasteiger partial charge in [0.15, 0.2) is 0 Å². The first-order valence-corrected chi connectivity index (χ1v) is 4.55. The summed E-state index contributed by atoms with van der Waals surface area (Å²) in [6.07, 6.45) is 6.93. The molecule has 0 amide bonds. The van der Waals surface area contributed by atoms with E-state index in [1.54, 1.807) is 5.54 Å². The van der Waals surface area contributed by atoms with Gasteiger partial charge >= 0.3 is 0 Å². The smallest absolute Gasteiger partial charge is 0.00344 e. The summed E-state index contributed by atoms with van der Waals surface area (Å²) >= 11 is 5.62. The predicted molar refractivity (Wildman–Crippen MR) is 46.2 cm³/mol. The van der Waals surface area contributed by atoms with Crippen LogP contribution in [0, 0.1) is 5.92 Å². The lowest BCUT2D eigenvalue weighted by Crippen LogP contribution is -2.06. The maximum atomic E-state index is 5.62. The minimum Gasteiger partial charge on any atom is -0.0930 e. The van der Waals surface area contributed by atoms with Crippen molar-refractivity contribution in [2.45, 2.75) is 39.0 Å². The summed E-state index contributed by atoms with van der Waals surface area (Å²) in [7, 11) is 0. The lowest BCUT2D eigenvalue weighted by Gasteiger charge is -2.21. The van der Waals surface area contributed by atoms with Crippen molar-refractivity contribution in [1.29, 1.82) is 0 Å². The van der Waals surface area contributed by atoms with Gasteiger partial charge < -0.3 is 0 Å². The molecule has 0 aromatic heterocycles. The fourth-order valence-electron chi connectivity index (χ4n) is 1.65. The molecular weight excluding hydrogens is 144 g/mol. The van der Waals surface area contributed by atoms with E-state index in [4.69, 9.17) is 11.6 Å². The Bertz CT molecular complexity index is 121. The van der Waals surface area contributed by atoms with E-state index in [0.29, 0.717) is 0 Å². The Kier molecular flexibility index (Phi) is 3.27. The van der Waals surface area contributed by atoms with Crippen LogP contribution in [0.15, 0.2) is 11.1 Å². The van der Waals surface area contributed by atoms with E-state index in [1.165, 1.54) is 37.7 Å². The SMILES string of the molecule is C/C(=C\Cl)C1CCCCC1. The molecule has 0 bridgehead atoms. The maximum absolute atomic E-state index is 5.62. The van der Waals surface area contributed by atoms with Crippen LogP contribution in [-0.2, 0) is 0 Å². The van der Waals surface area contributed by atoms with Gasteiger partial charge in [-0.15, -0.1) is 0 Å². The number of halogens is 1. The molecular formula is C9H15Cl. The zero-order valence-electron chi connectivity index (χ0n) is 6.57. The lowest BCUT2D eigenvalue weighted by atomic mass is 9.85. The van der Waals surface area contributed by atoms with Crippen LogP contribution in [0.4, 0.5) is 0 Å². The fraction of sp³-hybridized carbons (Fsp3) is 0.778. The van der Waals surface area contributed by atoms with E-state index < -0.39 is 0 Å². The van der Waals surface area contributed by atoms with Crippen LogP contribution < -0.4 is 0 Å². The molecule has 0 unspecified atom stereocenters. The second kappa shape index (κ2) is 4.02.